The molecule has 1 aromatic carbocycles. The number of nitrogens with one attached hydrogen (secondary N) is 1. The van der Waals surface area contributed by atoms with E-state index < -0.39 is 0 Å². The molecular weight excluding hydrogens is 245 g/mol. The van der Waals surface area contributed by atoms with Crippen LogP contribution in [-0.2, 0) is 0 Å². The van der Waals surface area contributed by atoms with Crippen LogP contribution in [-0.4, -0.2) is 7.05 Å². The van der Waals surface area contributed by atoms with Crippen LogP contribution in [0.1, 0.15) is 32.5 Å². The molecule has 0 saturated carbocycles. The number of halogens is 1. The highest BCUT2D eigenvalue weighted by molar-refractivity contribution is 7.12. The predicted molar refractivity (Wildman–Crippen MR) is 75.8 cm³/mol. The molecule has 0 fully saturated rings. The lowest BCUT2D eigenvalue weighted by Gasteiger charge is -2.18. The van der Waals surface area contributed by atoms with Crippen LogP contribution in [0.3, 0.4) is 0 Å². The molecule has 0 amide bonds. The number of benzene rings is 1. The van der Waals surface area contributed by atoms with E-state index >= 15 is 0 Å². The molecule has 1 unspecified atom stereocenters. The van der Waals surface area contributed by atoms with Gasteiger partial charge in [0.15, 0.2) is 0 Å². The Morgan fingerprint density at radius 3 is 2.33 bits per heavy atom. The first-order valence-electron chi connectivity index (χ1n) is 6.03. The summed E-state index contributed by atoms with van der Waals surface area (Å²) in [5, 5.41) is 3.22. The van der Waals surface area contributed by atoms with Gasteiger partial charge in [-0.05, 0) is 51.1 Å². The van der Waals surface area contributed by atoms with E-state index in [0.717, 1.165) is 5.56 Å². The van der Waals surface area contributed by atoms with Crippen molar-refractivity contribution in [3.05, 3.63) is 56.5 Å². The smallest absolute Gasteiger partial charge is 0.128 e. The van der Waals surface area contributed by atoms with E-state index in [-0.39, 0.29) is 11.9 Å². The molecule has 0 bridgehead atoms. The maximum Gasteiger partial charge on any atom is 0.128 e. The fourth-order valence-corrected chi connectivity index (χ4v) is 3.25. The van der Waals surface area contributed by atoms with Crippen LogP contribution in [0.4, 0.5) is 4.39 Å². The fraction of sp³-hybridized carbons (Fsp3) is 0.333. The lowest BCUT2D eigenvalue weighted by atomic mass is 9.97. The van der Waals surface area contributed by atoms with Crippen molar-refractivity contribution in [1.82, 2.24) is 5.32 Å². The Morgan fingerprint density at radius 2 is 1.83 bits per heavy atom. The second-order valence-corrected chi connectivity index (χ2v) is 6.08. The van der Waals surface area contributed by atoms with E-state index in [2.05, 4.69) is 25.2 Å². The maximum atomic E-state index is 14.1. The van der Waals surface area contributed by atoms with Crippen molar-refractivity contribution in [2.45, 2.75) is 26.8 Å². The Labute approximate surface area is 112 Å². The monoisotopic (exact) mass is 263 g/mol. The zero-order valence-electron chi connectivity index (χ0n) is 11.2. The third-order valence-corrected chi connectivity index (χ3v) is 4.13. The van der Waals surface area contributed by atoms with E-state index in [4.69, 9.17) is 0 Å². The van der Waals surface area contributed by atoms with E-state index in [0.29, 0.717) is 5.56 Å². The van der Waals surface area contributed by atoms with Crippen molar-refractivity contribution in [2.75, 3.05) is 7.05 Å². The summed E-state index contributed by atoms with van der Waals surface area (Å²) in [6.45, 7) is 6.07. The average molecular weight is 263 g/mol. The normalized spacial score (nSPS) is 12.7. The summed E-state index contributed by atoms with van der Waals surface area (Å²) in [5.41, 5.74) is 2.83. The maximum absolute atomic E-state index is 14.1. The molecule has 1 heterocycles. The van der Waals surface area contributed by atoms with Gasteiger partial charge in [0.1, 0.15) is 5.82 Å². The van der Waals surface area contributed by atoms with Gasteiger partial charge in [0.05, 0.1) is 6.04 Å². The molecule has 2 rings (SSSR count). The second-order valence-electron chi connectivity index (χ2n) is 4.62. The standard InChI is InChI=1S/C15H18FNS/c1-9-5-6-12(14(16)7-9)15(17-4)13-8-10(2)18-11(13)3/h5-8,15,17H,1-4H3. The summed E-state index contributed by atoms with van der Waals surface area (Å²) in [7, 11) is 1.87. The number of rotatable bonds is 3. The summed E-state index contributed by atoms with van der Waals surface area (Å²) >= 11 is 1.75. The van der Waals surface area contributed by atoms with E-state index in [1.165, 1.54) is 15.3 Å². The number of thiophene rings is 1. The van der Waals surface area contributed by atoms with Gasteiger partial charge >= 0.3 is 0 Å². The molecule has 0 aliphatic rings. The topological polar surface area (TPSA) is 12.0 Å². The summed E-state index contributed by atoms with van der Waals surface area (Å²) in [6, 6.07) is 7.49. The van der Waals surface area contributed by atoms with E-state index in [1.807, 2.05) is 26.1 Å². The van der Waals surface area contributed by atoms with Gasteiger partial charge < -0.3 is 5.32 Å². The Hall–Kier alpha value is -1.19. The molecule has 0 aliphatic heterocycles. The van der Waals surface area contributed by atoms with Crippen molar-refractivity contribution in [2.24, 2.45) is 0 Å². The van der Waals surface area contributed by atoms with Crippen LogP contribution in [0.25, 0.3) is 0 Å². The Kier molecular flexibility index (Phi) is 3.83. The zero-order valence-corrected chi connectivity index (χ0v) is 12.0. The Balaban J connectivity index is 2.48. The molecule has 1 N–H and O–H groups in total. The summed E-state index contributed by atoms with van der Waals surface area (Å²) in [6.07, 6.45) is 0. The van der Waals surface area contributed by atoms with Gasteiger partial charge in [0.2, 0.25) is 0 Å². The van der Waals surface area contributed by atoms with Crippen molar-refractivity contribution in [3.63, 3.8) is 0 Å². The summed E-state index contributed by atoms with van der Waals surface area (Å²) in [4.78, 5) is 2.50. The molecular formula is C15H18FNS. The minimum Gasteiger partial charge on any atom is -0.309 e. The highest BCUT2D eigenvalue weighted by atomic mass is 32.1. The minimum atomic E-state index is -0.141. The van der Waals surface area contributed by atoms with Crippen LogP contribution in [0.5, 0.6) is 0 Å². The summed E-state index contributed by atoms with van der Waals surface area (Å²) < 4.78 is 14.1. The third-order valence-electron chi connectivity index (χ3n) is 3.15. The molecule has 1 aromatic heterocycles. The first kappa shape index (κ1) is 13.2. The number of aryl methyl sites for hydroxylation is 3. The van der Waals surface area contributed by atoms with Crippen LogP contribution < -0.4 is 5.32 Å². The lowest BCUT2D eigenvalue weighted by molar-refractivity contribution is 0.575. The van der Waals surface area contributed by atoms with Gasteiger partial charge in [0, 0.05) is 15.3 Å². The molecule has 3 heteroatoms. The zero-order chi connectivity index (χ0) is 13.3. The van der Waals surface area contributed by atoms with Crippen LogP contribution in [0.15, 0.2) is 24.3 Å². The SMILES string of the molecule is CNC(c1ccc(C)cc1F)c1cc(C)sc1C. The largest absolute Gasteiger partial charge is 0.309 e. The molecule has 0 spiro atoms. The summed E-state index contributed by atoms with van der Waals surface area (Å²) in [5.74, 6) is -0.141. The second kappa shape index (κ2) is 5.21. The van der Waals surface area contributed by atoms with Gasteiger partial charge in [-0.1, -0.05) is 12.1 Å². The number of hydrogen-bond acceptors (Lipinski definition) is 2. The number of hydrogen-bond donors (Lipinski definition) is 1. The van der Waals surface area contributed by atoms with Gasteiger partial charge in [-0.2, -0.15) is 0 Å². The first-order valence-corrected chi connectivity index (χ1v) is 6.85. The van der Waals surface area contributed by atoms with Crippen LogP contribution in [0.2, 0.25) is 0 Å². The Bertz CT molecular complexity index is 560. The fourth-order valence-electron chi connectivity index (χ4n) is 2.28. The van der Waals surface area contributed by atoms with E-state index in [1.54, 1.807) is 17.4 Å². The average Bonchev–Trinajstić information content (AvgIpc) is 2.62. The molecule has 0 aliphatic carbocycles. The van der Waals surface area contributed by atoms with Gasteiger partial charge in [-0.15, -0.1) is 11.3 Å². The molecule has 18 heavy (non-hydrogen) atoms. The highest BCUT2D eigenvalue weighted by Crippen LogP contribution is 2.31. The molecule has 96 valence electrons. The van der Waals surface area contributed by atoms with Gasteiger partial charge in [-0.3, -0.25) is 0 Å². The van der Waals surface area contributed by atoms with Gasteiger partial charge in [0.25, 0.3) is 0 Å². The third kappa shape index (κ3) is 2.47. The van der Waals surface area contributed by atoms with Crippen molar-refractivity contribution in [3.8, 4) is 0 Å². The van der Waals surface area contributed by atoms with Crippen molar-refractivity contribution in [1.29, 1.82) is 0 Å². The molecule has 0 saturated heterocycles. The molecule has 1 atom stereocenters. The van der Waals surface area contributed by atoms with Crippen LogP contribution in [0, 0.1) is 26.6 Å². The first-order chi connectivity index (χ1) is 8.52. The minimum absolute atomic E-state index is 0.0736. The van der Waals surface area contributed by atoms with E-state index in [9.17, 15) is 4.39 Å². The van der Waals surface area contributed by atoms with Gasteiger partial charge in [-0.25, -0.2) is 4.39 Å². The van der Waals surface area contributed by atoms with Crippen LogP contribution >= 0.6 is 11.3 Å². The Morgan fingerprint density at radius 1 is 1.11 bits per heavy atom. The predicted octanol–water partition coefficient (Wildman–Crippen LogP) is 4.12. The highest BCUT2D eigenvalue weighted by Gasteiger charge is 2.19. The molecule has 1 nitrogen and oxygen atoms in total. The molecule has 0 radical (unpaired) electrons. The molecule has 2 aromatic rings. The van der Waals surface area contributed by atoms with Crippen molar-refractivity contribution >= 4 is 11.3 Å². The lowest BCUT2D eigenvalue weighted by Crippen LogP contribution is -2.19. The quantitative estimate of drug-likeness (QED) is 0.878. The van der Waals surface area contributed by atoms with Crippen molar-refractivity contribution < 1.29 is 4.39 Å².